The number of fused-ring (bicyclic) bond motifs is 1. The highest BCUT2D eigenvalue weighted by Gasteiger charge is 2.17. The number of rotatable bonds is 5. The summed E-state index contributed by atoms with van der Waals surface area (Å²) in [7, 11) is 0. The second-order valence-electron chi connectivity index (χ2n) is 5.96. The van der Waals surface area contributed by atoms with E-state index in [1.165, 1.54) is 18.2 Å². The van der Waals surface area contributed by atoms with Gasteiger partial charge in [-0.1, -0.05) is 22.0 Å². The van der Waals surface area contributed by atoms with Gasteiger partial charge in [0.2, 0.25) is 0 Å². The van der Waals surface area contributed by atoms with E-state index >= 15 is 0 Å². The Balaban J connectivity index is 2.22. The van der Waals surface area contributed by atoms with Crippen LogP contribution in [0.15, 0.2) is 50.5 Å². The summed E-state index contributed by atoms with van der Waals surface area (Å²) in [6, 6.07) is 7.54. The van der Waals surface area contributed by atoms with Crippen molar-refractivity contribution in [2.45, 2.75) is 20.0 Å². The average Bonchev–Trinajstić information content (AvgIpc) is 2.64. The van der Waals surface area contributed by atoms with Crippen LogP contribution in [0.25, 0.3) is 10.9 Å². The number of aromatic nitrogens is 2. The molecule has 0 spiro atoms. The van der Waals surface area contributed by atoms with Gasteiger partial charge in [-0.05, 0) is 37.3 Å². The predicted octanol–water partition coefficient (Wildman–Crippen LogP) is 2.82. The van der Waals surface area contributed by atoms with Gasteiger partial charge in [-0.25, -0.2) is 13.6 Å². The van der Waals surface area contributed by atoms with Crippen molar-refractivity contribution in [2.24, 2.45) is 0 Å². The number of carbonyl (C=O) groups excluding carboxylic acids is 1. The minimum absolute atomic E-state index is 0.0304. The summed E-state index contributed by atoms with van der Waals surface area (Å²) in [5, 5.41) is 0.0304. The van der Waals surface area contributed by atoms with Gasteiger partial charge in [-0.3, -0.25) is 18.7 Å². The van der Waals surface area contributed by atoms with Gasteiger partial charge in [0.1, 0.15) is 18.2 Å². The van der Waals surface area contributed by atoms with E-state index in [1.54, 1.807) is 13.0 Å². The van der Waals surface area contributed by atoms with Crippen molar-refractivity contribution in [1.82, 2.24) is 9.13 Å². The summed E-state index contributed by atoms with van der Waals surface area (Å²) in [5.41, 5.74) is -1.48. The molecule has 0 saturated heterocycles. The maximum Gasteiger partial charge on any atom is 0.332 e. The third-order valence-electron chi connectivity index (χ3n) is 4.12. The van der Waals surface area contributed by atoms with E-state index in [0.29, 0.717) is 4.47 Å². The number of hydrogen-bond donors (Lipinski definition) is 0. The van der Waals surface area contributed by atoms with Crippen molar-refractivity contribution in [3.8, 4) is 0 Å². The molecule has 0 bridgehead atoms. The van der Waals surface area contributed by atoms with Crippen LogP contribution in [-0.4, -0.2) is 21.7 Å². The predicted molar refractivity (Wildman–Crippen MR) is 102 cm³/mol. The van der Waals surface area contributed by atoms with E-state index in [4.69, 9.17) is 4.74 Å². The maximum atomic E-state index is 14.2. The minimum Gasteiger partial charge on any atom is -0.465 e. The van der Waals surface area contributed by atoms with Gasteiger partial charge in [-0.15, -0.1) is 0 Å². The Labute approximate surface area is 166 Å². The van der Waals surface area contributed by atoms with Crippen LogP contribution in [0.2, 0.25) is 0 Å². The fourth-order valence-electron chi connectivity index (χ4n) is 2.84. The first-order valence-electron chi connectivity index (χ1n) is 8.34. The van der Waals surface area contributed by atoms with Crippen molar-refractivity contribution in [3.05, 3.63) is 78.9 Å². The molecule has 0 aliphatic carbocycles. The Hall–Kier alpha value is -2.81. The van der Waals surface area contributed by atoms with Crippen LogP contribution >= 0.6 is 15.9 Å². The number of esters is 1. The standard InChI is InChI=1S/C19H15BrF2N2O4/c1-2-28-17(25)10-23-16-8-13(21)5-6-14(16)18(26)24(19(23)27)9-11-3-4-12(20)7-15(11)22/h3-8H,2,9-10H2,1H3. The molecule has 146 valence electrons. The lowest BCUT2D eigenvalue weighted by Crippen LogP contribution is -2.41. The van der Waals surface area contributed by atoms with Gasteiger partial charge in [0.15, 0.2) is 0 Å². The van der Waals surface area contributed by atoms with Crippen LogP contribution in [-0.2, 0) is 22.6 Å². The molecule has 1 heterocycles. The number of ether oxygens (including phenoxy) is 1. The lowest BCUT2D eigenvalue weighted by atomic mass is 10.2. The molecule has 0 radical (unpaired) electrons. The molecule has 0 aliphatic rings. The van der Waals surface area contributed by atoms with Crippen LogP contribution in [0, 0.1) is 11.6 Å². The normalized spacial score (nSPS) is 11.0. The highest BCUT2D eigenvalue weighted by atomic mass is 79.9. The van der Waals surface area contributed by atoms with Crippen molar-refractivity contribution in [2.75, 3.05) is 6.61 Å². The summed E-state index contributed by atoms with van der Waals surface area (Å²) >= 11 is 3.14. The second-order valence-corrected chi connectivity index (χ2v) is 6.88. The number of benzene rings is 2. The lowest BCUT2D eigenvalue weighted by molar-refractivity contribution is -0.143. The van der Waals surface area contributed by atoms with Crippen LogP contribution in [0.4, 0.5) is 8.78 Å². The molecule has 0 fully saturated rings. The zero-order valence-corrected chi connectivity index (χ0v) is 16.3. The number of nitrogens with zero attached hydrogens (tertiary/aromatic N) is 2. The quantitative estimate of drug-likeness (QED) is 0.558. The number of carbonyl (C=O) groups is 1. The molecule has 0 atom stereocenters. The molecule has 0 N–H and O–H groups in total. The lowest BCUT2D eigenvalue weighted by Gasteiger charge is -2.14. The fraction of sp³-hybridized carbons (Fsp3) is 0.211. The van der Waals surface area contributed by atoms with Gasteiger partial charge in [0, 0.05) is 10.0 Å². The van der Waals surface area contributed by atoms with E-state index < -0.39 is 35.4 Å². The van der Waals surface area contributed by atoms with E-state index in [0.717, 1.165) is 21.3 Å². The number of halogens is 3. The molecule has 3 aromatic rings. The van der Waals surface area contributed by atoms with Crippen LogP contribution in [0.1, 0.15) is 12.5 Å². The van der Waals surface area contributed by atoms with Crippen molar-refractivity contribution in [3.63, 3.8) is 0 Å². The highest BCUT2D eigenvalue weighted by Crippen LogP contribution is 2.16. The summed E-state index contributed by atoms with van der Waals surface area (Å²) < 4.78 is 35.0. The van der Waals surface area contributed by atoms with E-state index in [9.17, 15) is 23.2 Å². The third-order valence-corrected chi connectivity index (χ3v) is 4.62. The van der Waals surface area contributed by atoms with Gasteiger partial charge in [-0.2, -0.15) is 0 Å². The Morgan fingerprint density at radius 3 is 2.54 bits per heavy atom. The molecule has 6 nitrogen and oxygen atoms in total. The SMILES string of the molecule is CCOC(=O)Cn1c(=O)n(Cc2ccc(Br)cc2F)c(=O)c2ccc(F)cc21. The molecular formula is C19H15BrF2N2O4. The summed E-state index contributed by atoms with van der Waals surface area (Å²) in [4.78, 5) is 37.6. The smallest absolute Gasteiger partial charge is 0.332 e. The Bertz CT molecular complexity index is 1190. The van der Waals surface area contributed by atoms with Gasteiger partial charge < -0.3 is 4.74 Å². The zero-order chi connectivity index (χ0) is 20.4. The largest absolute Gasteiger partial charge is 0.465 e. The highest BCUT2D eigenvalue weighted by molar-refractivity contribution is 9.10. The summed E-state index contributed by atoms with van der Waals surface area (Å²) in [6.45, 7) is 0.863. The van der Waals surface area contributed by atoms with Gasteiger partial charge >= 0.3 is 11.7 Å². The van der Waals surface area contributed by atoms with E-state index in [-0.39, 0.29) is 29.6 Å². The van der Waals surface area contributed by atoms with E-state index in [1.807, 2.05) is 0 Å². The maximum absolute atomic E-state index is 14.2. The molecule has 2 aromatic carbocycles. The zero-order valence-electron chi connectivity index (χ0n) is 14.7. The Kier molecular flexibility index (Phi) is 5.73. The molecule has 3 rings (SSSR count). The summed E-state index contributed by atoms with van der Waals surface area (Å²) in [5.74, 6) is -1.98. The Morgan fingerprint density at radius 1 is 1.11 bits per heavy atom. The first kappa shape index (κ1) is 19.9. The topological polar surface area (TPSA) is 70.3 Å². The third kappa shape index (κ3) is 3.89. The second kappa shape index (κ2) is 8.05. The molecule has 28 heavy (non-hydrogen) atoms. The first-order chi connectivity index (χ1) is 13.3. The number of hydrogen-bond acceptors (Lipinski definition) is 4. The van der Waals surface area contributed by atoms with Crippen molar-refractivity contribution >= 4 is 32.8 Å². The van der Waals surface area contributed by atoms with Crippen molar-refractivity contribution < 1.29 is 18.3 Å². The van der Waals surface area contributed by atoms with Crippen molar-refractivity contribution in [1.29, 1.82) is 0 Å². The molecule has 0 unspecified atom stereocenters. The monoisotopic (exact) mass is 452 g/mol. The summed E-state index contributed by atoms with van der Waals surface area (Å²) in [6.07, 6.45) is 0. The molecule has 9 heteroatoms. The van der Waals surface area contributed by atoms with Gasteiger partial charge in [0.25, 0.3) is 5.56 Å². The fourth-order valence-corrected chi connectivity index (χ4v) is 3.17. The van der Waals surface area contributed by atoms with Crippen LogP contribution in [0.5, 0.6) is 0 Å². The molecule has 0 saturated carbocycles. The first-order valence-corrected chi connectivity index (χ1v) is 9.13. The Morgan fingerprint density at radius 2 is 1.86 bits per heavy atom. The molecule has 1 aromatic heterocycles. The molecule has 0 aliphatic heterocycles. The van der Waals surface area contributed by atoms with Crippen LogP contribution in [0.3, 0.4) is 0 Å². The molecule has 0 amide bonds. The average molecular weight is 453 g/mol. The molecular weight excluding hydrogens is 438 g/mol. The minimum atomic E-state index is -0.863. The van der Waals surface area contributed by atoms with Crippen LogP contribution < -0.4 is 11.2 Å². The van der Waals surface area contributed by atoms with Gasteiger partial charge in [0.05, 0.1) is 24.1 Å². The van der Waals surface area contributed by atoms with E-state index in [2.05, 4.69) is 15.9 Å².